The smallest absolute Gasteiger partial charge is 0.315 e. The number of hydrogen-bond acceptors (Lipinski definition) is 1. The number of amides is 2. The number of nitrogens with zero attached hydrogens (tertiary/aromatic N) is 1. The Kier molecular flexibility index (Phi) is 2.54. The molecule has 3 heteroatoms. The maximum atomic E-state index is 12.4. The summed E-state index contributed by atoms with van der Waals surface area (Å²) in [5.41, 5.74) is 6.28. The first-order chi connectivity index (χ1) is 9.22. The minimum Gasteiger partial charge on any atom is -0.315 e. The second-order valence-corrected chi connectivity index (χ2v) is 7.14. The van der Waals surface area contributed by atoms with Crippen LogP contribution in [0.15, 0.2) is 6.07 Å². The molecule has 1 N–H and O–H groups in total. The van der Waals surface area contributed by atoms with E-state index in [2.05, 4.69) is 52.9 Å². The largest absolute Gasteiger partial charge is 0.322 e. The summed E-state index contributed by atoms with van der Waals surface area (Å²) < 4.78 is 0. The van der Waals surface area contributed by atoms with E-state index in [-0.39, 0.29) is 17.0 Å². The minimum atomic E-state index is -0.179. The molecule has 1 unspecified atom stereocenters. The number of carbonyl (C=O) groups excluding carboxylic acids is 1. The molecule has 1 aliphatic heterocycles. The molecule has 20 heavy (non-hydrogen) atoms. The number of aryl methyl sites for hydroxylation is 2. The molecule has 108 valence electrons. The molecule has 1 heterocycles. The molecule has 1 atom stereocenters. The van der Waals surface area contributed by atoms with Crippen LogP contribution in [0.3, 0.4) is 0 Å². The fraction of sp³-hybridized carbons (Fsp3) is 0.588. The molecule has 1 aromatic carbocycles. The Bertz CT molecular complexity index is 618. The maximum Gasteiger partial charge on any atom is 0.322 e. The van der Waals surface area contributed by atoms with Gasteiger partial charge in [-0.25, -0.2) is 4.79 Å². The van der Waals surface area contributed by atoms with Crippen molar-refractivity contribution >= 4 is 11.7 Å². The van der Waals surface area contributed by atoms with Gasteiger partial charge >= 0.3 is 6.03 Å². The van der Waals surface area contributed by atoms with Gasteiger partial charge in [-0.15, -0.1) is 0 Å². The molecule has 0 saturated carbocycles. The van der Waals surface area contributed by atoms with Gasteiger partial charge in [0.05, 0.1) is 11.2 Å². The van der Waals surface area contributed by atoms with Gasteiger partial charge in [-0.2, -0.15) is 0 Å². The second kappa shape index (κ2) is 3.78. The summed E-state index contributed by atoms with van der Waals surface area (Å²) in [6.45, 7) is 13.9. The molecule has 3 nitrogen and oxygen atoms in total. The predicted molar refractivity (Wildman–Crippen MR) is 82.3 cm³/mol. The monoisotopic (exact) mass is 272 g/mol. The average Bonchev–Trinajstić information content (AvgIpc) is 2.52. The number of benzene rings is 1. The van der Waals surface area contributed by atoms with Crippen LogP contribution in [0.2, 0.25) is 0 Å². The van der Waals surface area contributed by atoms with E-state index in [1.54, 1.807) is 0 Å². The number of urea groups is 1. The van der Waals surface area contributed by atoms with E-state index in [0.29, 0.717) is 0 Å². The van der Waals surface area contributed by atoms with E-state index in [1.807, 2.05) is 4.90 Å². The van der Waals surface area contributed by atoms with Crippen molar-refractivity contribution in [1.29, 1.82) is 0 Å². The van der Waals surface area contributed by atoms with Crippen LogP contribution in [0.1, 0.15) is 56.4 Å². The van der Waals surface area contributed by atoms with Crippen LogP contribution in [0.25, 0.3) is 0 Å². The van der Waals surface area contributed by atoms with Gasteiger partial charge in [0.1, 0.15) is 0 Å². The fourth-order valence-electron chi connectivity index (χ4n) is 4.72. The van der Waals surface area contributed by atoms with Crippen LogP contribution in [0, 0.1) is 13.8 Å². The third-order valence-corrected chi connectivity index (χ3v) is 5.11. The Hall–Kier alpha value is -1.51. The summed E-state index contributed by atoms with van der Waals surface area (Å²) in [6, 6.07) is 2.25. The molecule has 0 fully saturated rings. The number of carbonyl (C=O) groups is 1. The quantitative estimate of drug-likeness (QED) is 0.821. The third-order valence-electron chi connectivity index (χ3n) is 5.11. The van der Waals surface area contributed by atoms with Gasteiger partial charge in [0.2, 0.25) is 0 Å². The van der Waals surface area contributed by atoms with Gasteiger partial charge in [-0.1, -0.05) is 19.9 Å². The lowest BCUT2D eigenvalue weighted by molar-refractivity contribution is 0.123. The highest BCUT2D eigenvalue weighted by Crippen LogP contribution is 2.57. The van der Waals surface area contributed by atoms with Gasteiger partial charge < -0.3 is 10.2 Å². The average molecular weight is 272 g/mol. The Morgan fingerprint density at radius 2 is 1.85 bits per heavy atom. The van der Waals surface area contributed by atoms with E-state index in [9.17, 15) is 4.79 Å². The molecule has 2 aliphatic rings. The lowest BCUT2D eigenvalue weighted by atomic mass is 9.83. The molecule has 2 amide bonds. The first-order valence-corrected chi connectivity index (χ1v) is 7.46. The van der Waals surface area contributed by atoms with E-state index in [0.717, 1.165) is 18.7 Å². The lowest BCUT2D eigenvalue weighted by Crippen LogP contribution is -2.52. The number of anilines is 1. The first kappa shape index (κ1) is 13.5. The van der Waals surface area contributed by atoms with Gasteiger partial charge in [0.25, 0.3) is 0 Å². The topological polar surface area (TPSA) is 32.3 Å². The number of hydrogen-bond donors (Lipinski definition) is 1. The molecule has 0 saturated heterocycles. The fourth-order valence-corrected chi connectivity index (χ4v) is 4.72. The van der Waals surface area contributed by atoms with Crippen molar-refractivity contribution in [3.63, 3.8) is 0 Å². The van der Waals surface area contributed by atoms with Crippen molar-refractivity contribution in [2.75, 3.05) is 11.9 Å². The molecule has 0 aromatic heterocycles. The van der Waals surface area contributed by atoms with Crippen molar-refractivity contribution in [2.45, 2.75) is 58.9 Å². The molecular formula is C17H24N2O. The zero-order valence-corrected chi connectivity index (χ0v) is 13.3. The van der Waals surface area contributed by atoms with E-state index in [4.69, 9.17) is 0 Å². The van der Waals surface area contributed by atoms with Crippen molar-refractivity contribution in [3.05, 3.63) is 28.3 Å². The summed E-state index contributed by atoms with van der Waals surface area (Å²) in [4.78, 5) is 14.4. The van der Waals surface area contributed by atoms with Crippen LogP contribution in [-0.4, -0.2) is 17.5 Å². The summed E-state index contributed by atoms with van der Waals surface area (Å²) in [5.74, 6) is 0. The lowest BCUT2D eigenvalue weighted by Gasteiger charge is -2.44. The zero-order chi connectivity index (χ0) is 14.9. The summed E-state index contributed by atoms with van der Waals surface area (Å²) in [5, 5.41) is 3.12. The Morgan fingerprint density at radius 3 is 2.45 bits per heavy atom. The molecule has 0 spiro atoms. The number of rotatable bonds is 1. The molecule has 1 aromatic rings. The van der Waals surface area contributed by atoms with Gasteiger partial charge in [-0.3, -0.25) is 0 Å². The van der Waals surface area contributed by atoms with Crippen molar-refractivity contribution in [2.24, 2.45) is 0 Å². The Morgan fingerprint density at radius 1 is 1.20 bits per heavy atom. The van der Waals surface area contributed by atoms with Crippen LogP contribution in [0.5, 0.6) is 0 Å². The predicted octanol–water partition coefficient (Wildman–Crippen LogP) is 4.07. The third kappa shape index (κ3) is 1.44. The normalized spacial score (nSPS) is 26.5. The highest BCUT2D eigenvalue weighted by Gasteiger charge is 2.53. The number of nitrogens with one attached hydrogen (secondary N) is 1. The van der Waals surface area contributed by atoms with Crippen molar-refractivity contribution in [1.82, 2.24) is 4.90 Å². The molecule has 0 bridgehead atoms. The SMILES string of the molecule is CCN1C(=O)Nc2c(C)cc(C)c3c2C1(C)CC3(C)C. The Balaban J connectivity index is 2.39. The zero-order valence-electron chi connectivity index (χ0n) is 13.3. The van der Waals surface area contributed by atoms with E-state index < -0.39 is 0 Å². The first-order valence-electron chi connectivity index (χ1n) is 7.46. The van der Waals surface area contributed by atoms with Crippen LogP contribution in [-0.2, 0) is 11.0 Å². The second-order valence-electron chi connectivity index (χ2n) is 7.14. The van der Waals surface area contributed by atoms with Gasteiger partial charge in [-0.05, 0) is 56.2 Å². The maximum absolute atomic E-state index is 12.4. The van der Waals surface area contributed by atoms with E-state index >= 15 is 0 Å². The van der Waals surface area contributed by atoms with Gasteiger partial charge in [0, 0.05) is 12.1 Å². The van der Waals surface area contributed by atoms with Crippen molar-refractivity contribution in [3.8, 4) is 0 Å². The molecule has 0 radical (unpaired) electrons. The highest BCUT2D eigenvalue weighted by atomic mass is 16.2. The highest BCUT2D eigenvalue weighted by molar-refractivity contribution is 5.96. The van der Waals surface area contributed by atoms with E-state index in [1.165, 1.54) is 22.3 Å². The van der Waals surface area contributed by atoms with Crippen LogP contribution >= 0.6 is 0 Å². The van der Waals surface area contributed by atoms with Crippen LogP contribution < -0.4 is 5.32 Å². The van der Waals surface area contributed by atoms with Crippen LogP contribution in [0.4, 0.5) is 10.5 Å². The minimum absolute atomic E-state index is 0.0399. The molecular weight excluding hydrogens is 248 g/mol. The summed E-state index contributed by atoms with van der Waals surface area (Å²) in [6.07, 6.45) is 0.994. The summed E-state index contributed by atoms with van der Waals surface area (Å²) >= 11 is 0. The van der Waals surface area contributed by atoms with Crippen molar-refractivity contribution < 1.29 is 4.79 Å². The van der Waals surface area contributed by atoms with Gasteiger partial charge in [0.15, 0.2) is 0 Å². The molecule has 3 rings (SSSR count). The Labute approximate surface area is 121 Å². The standard InChI is InChI=1S/C17H24N2O/c1-7-19-15(20)18-14-11(3)8-10(2)12-13(14)17(19,6)9-16(12,4)5/h8H,7,9H2,1-6H3,(H,18,20). The summed E-state index contributed by atoms with van der Waals surface area (Å²) in [7, 11) is 0. The molecule has 1 aliphatic carbocycles.